The van der Waals surface area contributed by atoms with Gasteiger partial charge in [0.2, 0.25) is 0 Å². The fourth-order valence-corrected chi connectivity index (χ4v) is 1.61. The van der Waals surface area contributed by atoms with Gasteiger partial charge in [-0.15, -0.1) is 0 Å². The van der Waals surface area contributed by atoms with Crippen LogP contribution in [0, 0.1) is 0 Å². The molecule has 0 bridgehead atoms. The zero-order valence-corrected chi connectivity index (χ0v) is 8.41. The number of rotatable bonds is 2. The van der Waals surface area contributed by atoms with Gasteiger partial charge in [0, 0.05) is 18.4 Å². The van der Waals surface area contributed by atoms with Gasteiger partial charge in [-0.05, 0) is 6.92 Å². The maximum atomic E-state index is 11.9. The summed E-state index contributed by atoms with van der Waals surface area (Å²) in [6, 6.07) is 0. The molecule has 86 valence electrons. The Morgan fingerprint density at radius 1 is 1.27 bits per heavy atom. The van der Waals surface area contributed by atoms with Crippen LogP contribution in [0.3, 0.4) is 0 Å². The fourth-order valence-electron chi connectivity index (χ4n) is 1.04. The highest BCUT2D eigenvalue weighted by molar-refractivity contribution is 7.87. The lowest BCUT2D eigenvalue weighted by Crippen LogP contribution is -2.25. The largest absolute Gasteiger partial charge is 0.534 e. The predicted octanol–water partition coefficient (Wildman–Crippen LogP) is 1.49. The maximum Gasteiger partial charge on any atom is 0.534 e. The Hall–Kier alpha value is -1.05. The lowest BCUT2D eigenvalue weighted by molar-refractivity contribution is -0.114. The van der Waals surface area contributed by atoms with Gasteiger partial charge in [0.1, 0.15) is 5.76 Å². The third kappa shape index (κ3) is 2.31. The van der Waals surface area contributed by atoms with Crippen molar-refractivity contribution in [3.63, 3.8) is 0 Å². The first-order valence-corrected chi connectivity index (χ1v) is 5.29. The third-order valence-electron chi connectivity index (χ3n) is 1.91. The molecule has 0 spiro atoms. The van der Waals surface area contributed by atoms with E-state index in [1.165, 1.54) is 6.92 Å². The highest BCUT2D eigenvalue weighted by atomic mass is 32.2. The number of alkyl halides is 3. The molecule has 1 aliphatic carbocycles. The Labute approximate surface area is 83.8 Å². The molecule has 0 N–H and O–H groups in total. The number of carbonyl (C=O) groups is 1. The molecule has 0 amide bonds. The van der Waals surface area contributed by atoms with Crippen LogP contribution >= 0.6 is 0 Å². The molecular formula is C7H7F3O4S. The standard InChI is InChI=1S/C7H7F3O4S/c1-4-5(11)2-3-6(4)14-15(12,13)7(8,9)10/h2-3H2,1H3. The van der Waals surface area contributed by atoms with Gasteiger partial charge < -0.3 is 4.18 Å². The Morgan fingerprint density at radius 2 is 1.80 bits per heavy atom. The molecule has 0 fully saturated rings. The number of hydrogen-bond donors (Lipinski definition) is 0. The van der Waals surface area contributed by atoms with E-state index in [9.17, 15) is 26.4 Å². The second-order valence-corrected chi connectivity index (χ2v) is 4.49. The molecule has 4 nitrogen and oxygen atoms in total. The van der Waals surface area contributed by atoms with Gasteiger partial charge in [0.15, 0.2) is 5.78 Å². The van der Waals surface area contributed by atoms with Gasteiger partial charge in [-0.1, -0.05) is 0 Å². The van der Waals surface area contributed by atoms with Gasteiger partial charge in [-0.3, -0.25) is 4.79 Å². The minimum absolute atomic E-state index is 0.0193. The summed E-state index contributed by atoms with van der Waals surface area (Å²) in [6.45, 7) is 1.23. The average molecular weight is 244 g/mol. The number of halogens is 3. The number of ketones is 1. The first-order chi connectivity index (χ1) is 6.65. The highest BCUT2D eigenvalue weighted by Crippen LogP contribution is 2.31. The summed E-state index contributed by atoms with van der Waals surface area (Å²) in [4.78, 5) is 10.9. The van der Waals surface area contributed by atoms with Crippen molar-refractivity contribution in [1.29, 1.82) is 0 Å². The van der Waals surface area contributed by atoms with Crippen LogP contribution < -0.4 is 0 Å². The van der Waals surface area contributed by atoms with Crippen molar-refractivity contribution in [2.75, 3.05) is 0 Å². The summed E-state index contributed by atoms with van der Waals surface area (Å²) in [5.41, 5.74) is -5.53. The summed E-state index contributed by atoms with van der Waals surface area (Å²) >= 11 is 0. The summed E-state index contributed by atoms with van der Waals surface area (Å²) in [6.07, 6.45) is -0.130. The molecule has 0 aliphatic heterocycles. The lowest BCUT2D eigenvalue weighted by Gasteiger charge is -2.10. The van der Waals surface area contributed by atoms with Crippen molar-refractivity contribution < 1.29 is 30.6 Å². The van der Waals surface area contributed by atoms with Crippen LogP contribution in [0.1, 0.15) is 19.8 Å². The van der Waals surface area contributed by atoms with Crippen LogP contribution in [0.5, 0.6) is 0 Å². The highest BCUT2D eigenvalue weighted by Gasteiger charge is 2.49. The fraction of sp³-hybridized carbons (Fsp3) is 0.571. The summed E-state index contributed by atoms with van der Waals surface area (Å²) in [5.74, 6) is -0.820. The molecule has 0 unspecified atom stereocenters. The van der Waals surface area contributed by atoms with Gasteiger partial charge in [-0.25, -0.2) is 0 Å². The molecule has 8 heteroatoms. The maximum absolute atomic E-state index is 11.9. The summed E-state index contributed by atoms with van der Waals surface area (Å²) in [5, 5.41) is 0. The van der Waals surface area contributed by atoms with Crippen molar-refractivity contribution in [3.05, 3.63) is 11.3 Å². The van der Waals surface area contributed by atoms with Gasteiger partial charge in [0.05, 0.1) is 0 Å². The molecule has 0 heterocycles. The van der Waals surface area contributed by atoms with E-state index >= 15 is 0 Å². The van der Waals surface area contributed by atoms with E-state index in [0.29, 0.717) is 0 Å². The van der Waals surface area contributed by atoms with Gasteiger partial charge >= 0.3 is 15.6 Å². The first-order valence-electron chi connectivity index (χ1n) is 3.89. The molecule has 1 rings (SSSR count). The molecule has 15 heavy (non-hydrogen) atoms. The minimum Gasteiger partial charge on any atom is -0.380 e. The number of carbonyl (C=O) groups excluding carboxylic acids is 1. The van der Waals surface area contributed by atoms with Gasteiger partial charge in [-0.2, -0.15) is 21.6 Å². The van der Waals surface area contributed by atoms with Crippen LogP contribution in [-0.2, 0) is 19.1 Å². The molecule has 0 aromatic heterocycles. The van der Waals surface area contributed by atoms with Crippen LogP contribution in [0.15, 0.2) is 11.3 Å². The third-order valence-corrected chi connectivity index (χ3v) is 2.90. The molecular weight excluding hydrogens is 237 g/mol. The molecule has 1 aliphatic rings. The van der Waals surface area contributed by atoms with Crippen molar-refractivity contribution in [1.82, 2.24) is 0 Å². The zero-order chi connectivity index (χ0) is 11.9. The Kier molecular flexibility index (Phi) is 2.81. The Bertz CT molecular complexity index is 418. The van der Waals surface area contributed by atoms with E-state index in [4.69, 9.17) is 0 Å². The predicted molar refractivity (Wildman–Crippen MR) is 43.0 cm³/mol. The van der Waals surface area contributed by atoms with Crippen LogP contribution in [0.25, 0.3) is 0 Å². The number of allylic oxidation sites excluding steroid dienone is 2. The topological polar surface area (TPSA) is 60.4 Å². The van der Waals surface area contributed by atoms with Crippen molar-refractivity contribution in [3.8, 4) is 0 Å². The quantitative estimate of drug-likeness (QED) is 0.545. The summed E-state index contributed by atoms with van der Waals surface area (Å²) in [7, 11) is -5.65. The normalized spacial score (nSPS) is 18.5. The first kappa shape index (κ1) is 12.0. The van der Waals surface area contributed by atoms with Crippen molar-refractivity contribution in [2.45, 2.75) is 25.3 Å². The van der Waals surface area contributed by atoms with Crippen LogP contribution in [0.2, 0.25) is 0 Å². The van der Waals surface area contributed by atoms with Crippen LogP contribution in [0.4, 0.5) is 13.2 Å². The monoisotopic (exact) mass is 244 g/mol. The second kappa shape index (κ2) is 3.51. The van der Waals surface area contributed by atoms with E-state index in [1.807, 2.05) is 0 Å². The van der Waals surface area contributed by atoms with E-state index in [0.717, 1.165) is 0 Å². The summed E-state index contributed by atoms with van der Waals surface area (Å²) < 4.78 is 60.7. The molecule has 0 saturated carbocycles. The SMILES string of the molecule is CC1=C(OS(=O)(=O)C(F)(F)F)CCC1=O. The van der Waals surface area contributed by atoms with E-state index in [1.54, 1.807) is 0 Å². The molecule has 0 aromatic rings. The number of hydrogen-bond acceptors (Lipinski definition) is 4. The lowest BCUT2D eigenvalue weighted by atomic mass is 10.2. The Balaban J connectivity index is 2.94. The molecule has 0 saturated heterocycles. The van der Waals surface area contributed by atoms with Crippen molar-refractivity contribution in [2.24, 2.45) is 0 Å². The van der Waals surface area contributed by atoms with Crippen LogP contribution in [-0.4, -0.2) is 19.7 Å². The Morgan fingerprint density at radius 3 is 2.13 bits per heavy atom. The molecule has 0 atom stereocenters. The minimum atomic E-state index is -5.65. The van der Waals surface area contributed by atoms with E-state index < -0.39 is 27.2 Å². The average Bonchev–Trinajstić information content (AvgIpc) is 2.33. The number of Topliss-reactive ketones (excluding diaryl/α,β-unsaturated/α-hetero) is 1. The second-order valence-electron chi connectivity index (χ2n) is 2.95. The molecule has 0 aromatic carbocycles. The van der Waals surface area contributed by atoms with E-state index in [-0.39, 0.29) is 18.4 Å². The smallest absolute Gasteiger partial charge is 0.380 e. The zero-order valence-electron chi connectivity index (χ0n) is 7.59. The van der Waals surface area contributed by atoms with Crippen molar-refractivity contribution >= 4 is 15.9 Å². The van der Waals surface area contributed by atoms with E-state index in [2.05, 4.69) is 4.18 Å². The molecule has 0 radical (unpaired) electrons. The van der Waals surface area contributed by atoms with Gasteiger partial charge in [0.25, 0.3) is 0 Å².